The minimum absolute atomic E-state index is 0.190. The van der Waals surface area contributed by atoms with E-state index in [9.17, 15) is 0 Å². The predicted octanol–water partition coefficient (Wildman–Crippen LogP) is 4.28. The molecule has 0 aliphatic rings. The van der Waals surface area contributed by atoms with E-state index < -0.39 is 0 Å². The number of benzene rings is 1. The number of hydrogen-bond donors (Lipinski definition) is 0. The molecule has 0 aliphatic heterocycles. The molecule has 0 unspecified atom stereocenters. The lowest BCUT2D eigenvalue weighted by atomic mass is 10.2. The smallest absolute Gasteiger partial charge is 0.202 e. The fourth-order valence-corrected chi connectivity index (χ4v) is 2.21. The van der Waals surface area contributed by atoms with Crippen molar-refractivity contribution in [2.24, 2.45) is 5.16 Å². The largest absolute Gasteiger partial charge is 0.493 e. The first-order valence-electron chi connectivity index (χ1n) is 8.25. The van der Waals surface area contributed by atoms with Crippen LogP contribution in [0.3, 0.4) is 0 Å². The molecule has 0 amide bonds. The molecule has 3 rings (SSSR count). The van der Waals surface area contributed by atoms with Crippen molar-refractivity contribution in [1.29, 1.82) is 0 Å². The zero-order valence-corrected chi connectivity index (χ0v) is 14.7. The van der Waals surface area contributed by atoms with Gasteiger partial charge in [0.25, 0.3) is 0 Å². The molecular weight excluding hydrogens is 336 g/mol. The quantitative estimate of drug-likeness (QED) is 0.420. The lowest BCUT2D eigenvalue weighted by Crippen LogP contribution is -1.98. The summed E-state index contributed by atoms with van der Waals surface area (Å²) >= 11 is 0. The third-order valence-corrected chi connectivity index (χ3v) is 3.46. The second-order valence-electron chi connectivity index (χ2n) is 5.43. The van der Waals surface area contributed by atoms with Gasteiger partial charge in [-0.25, -0.2) is 0 Å². The van der Waals surface area contributed by atoms with Gasteiger partial charge in [-0.1, -0.05) is 17.2 Å². The Kier molecular flexibility index (Phi) is 5.92. The molecule has 0 saturated carbocycles. The maximum atomic E-state index is 5.62. The number of nitrogens with zero attached hydrogens (tertiary/aromatic N) is 2. The summed E-state index contributed by atoms with van der Waals surface area (Å²) in [6, 6.07) is 10.9. The number of ether oxygens (including phenoxy) is 2. The normalized spacial score (nSPS) is 11.0. The minimum Gasteiger partial charge on any atom is -0.493 e. The average molecular weight is 356 g/mol. The standard InChI is InChI=1S/C19H20N2O5/c1-3-8-23-17-7-6-14(10-18(17)22-2)12-20-25-13-15-11-19(26-21-15)16-5-4-9-24-16/h4-7,9-12H,3,8,13H2,1-2H3/b20-12-. The van der Waals surface area contributed by atoms with Crippen LogP contribution < -0.4 is 9.47 Å². The molecular formula is C19H20N2O5. The second kappa shape index (κ2) is 8.75. The fourth-order valence-electron chi connectivity index (χ4n) is 2.21. The molecule has 0 saturated heterocycles. The monoisotopic (exact) mass is 356 g/mol. The van der Waals surface area contributed by atoms with E-state index in [0.29, 0.717) is 35.3 Å². The van der Waals surface area contributed by atoms with Gasteiger partial charge in [0.15, 0.2) is 23.9 Å². The molecule has 1 aromatic carbocycles. The Balaban J connectivity index is 1.55. The average Bonchev–Trinajstić information content (AvgIpc) is 3.35. The van der Waals surface area contributed by atoms with Crippen LogP contribution in [-0.4, -0.2) is 25.1 Å². The summed E-state index contributed by atoms with van der Waals surface area (Å²) in [5.41, 5.74) is 1.46. The van der Waals surface area contributed by atoms with Gasteiger partial charge in [-0.3, -0.25) is 0 Å². The van der Waals surface area contributed by atoms with Crippen molar-refractivity contribution in [3.05, 3.63) is 53.9 Å². The van der Waals surface area contributed by atoms with Crippen LogP contribution in [0.4, 0.5) is 0 Å². The summed E-state index contributed by atoms with van der Waals surface area (Å²) < 4.78 is 21.4. The summed E-state index contributed by atoms with van der Waals surface area (Å²) in [6.45, 7) is 2.89. The summed E-state index contributed by atoms with van der Waals surface area (Å²) in [5, 5.41) is 7.86. The molecule has 3 aromatic rings. The Hall–Kier alpha value is -3.22. The molecule has 0 aliphatic carbocycles. The lowest BCUT2D eigenvalue weighted by Gasteiger charge is -2.10. The first kappa shape index (κ1) is 17.6. The van der Waals surface area contributed by atoms with E-state index in [-0.39, 0.29) is 6.61 Å². The third kappa shape index (κ3) is 4.44. The van der Waals surface area contributed by atoms with Gasteiger partial charge < -0.3 is 23.3 Å². The lowest BCUT2D eigenvalue weighted by molar-refractivity contribution is 0.126. The highest BCUT2D eigenvalue weighted by Crippen LogP contribution is 2.27. The van der Waals surface area contributed by atoms with Crippen LogP contribution in [0, 0.1) is 0 Å². The van der Waals surface area contributed by atoms with Crippen LogP contribution in [0.25, 0.3) is 11.5 Å². The molecule has 7 heteroatoms. The van der Waals surface area contributed by atoms with Crippen LogP contribution in [0.1, 0.15) is 24.6 Å². The first-order valence-corrected chi connectivity index (χ1v) is 8.25. The van der Waals surface area contributed by atoms with Gasteiger partial charge in [-0.15, -0.1) is 0 Å². The second-order valence-corrected chi connectivity index (χ2v) is 5.43. The topological polar surface area (TPSA) is 79.2 Å². The van der Waals surface area contributed by atoms with Gasteiger partial charge in [0.1, 0.15) is 5.69 Å². The number of aromatic nitrogens is 1. The van der Waals surface area contributed by atoms with Crippen molar-refractivity contribution in [3.63, 3.8) is 0 Å². The van der Waals surface area contributed by atoms with Crippen LogP contribution in [-0.2, 0) is 11.4 Å². The Morgan fingerprint density at radius 2 is 2.08 bits per heavy atom. The van der Waals surface area contributed by atoms with E-state index in [1.807, 2.05) is 18.2 Å². The van der Waals surface area contributed by atoms with Crippen molar-refractivity contribution in [2.45, 2.75) is 20.0 Å². The zero-order chi connectivity index (χ0) is 18.2. The van der Waals surface area contributed by atoms with Gasteiger partial charge >= 0.3 is 0 Å². The maximum Gasteiger partial charge on any atom is 0.202 e. The minimum atomic E-state index is 0.190. The Bertz CT molecular complexity index is 839. The number of rotatable bonds is 9. The van der Waals surface area contributed by atoms with E-state index in [2.05, 4.69) is 17.2 Å². The van der Waals surface area contributed by atoms with E-state index in [4.69, 9.17) is 23.3 Å². The number of oxime groups is 1. The van der Waals surface area contributed by atoms with Crippen molar-refractivity contribution < 1.29 is 23.3 Å². The van der Waals surface area contributed by atoms with Crippen LogP contribution in [0.15, 0.2) is 56.8 Å². The zero-order valence-electron chi connectivity index (χ0n) is 14.7. The summed E-state index contributed by atoms with van der Waals surface area (Å²) in [6.07, 6.45) is 4.11. The summed E-state index contributed by atoms with van der Waals surface area (Å²) in [7, 11) is 1.60. The van der Waals surface area contributed by atoms with Gasteiger partial charge in [0, 0.05) is 11.6 Å². The molecule has 0 atom stereocenters. The van der Waals surface area contributed by atoms with Crippen molar-refractivity contribution in [1.82, 2.24) is 5.16 Å². The molecule has 0 bridgehead atoms. The Morgan fingerprint density at radius 1 is 1.15 bits per heavy atom. The van der Waals surface area contributed by atoms with Gasteiger partial charge in [0.05, 0.1) is 26.2 Å². The molecule has 7 nitrogen and oxygen atoms in total. The fraction of sp³-hybridized carbons (Fsp3) is 0.263. The van der Waals surface area contributed by atoms with E-state index >= 15 is 0 Å². The SMILES string of the molecule is CCCOc1ccc(/C=N\OCc2cc(-c3ccco3)on2)cc1OC. The molecule has 2 aromatic heterocycles. The molecule has 26 heavy (non-hydrogen) atoms. The highest BCUT2D eigenvalue weighted by molar-refractivity contribution is 5.80. The number of hydrogen-bond acceptors (Lipinski definition) is 7. The molecule has 136 valence electrons. The summed E-state index contributed by atoms with van der Waals surface area (Å²) in [5.74, 6) is 2.53. The molecule has 0 spiro atoms. The van der Waals surface area contributed by atoms with Crippen molar-refractivity contribution in [2.75, 3.05) is 13.7 Å². The third-order valence-electron chi connectivity index (χ3n) is 3.46. The van der Waals surface area contributed by atoms with Gasteiger partial charge in [0.2, 0.25) is 5.76 Å². The first-order chi connectivity index (χ1) is 12.8. The van der Waals surface area contributed by atoms with Crippen LogP contribution in [0.5, 0.6) is 11.5 Å². The van der Waals surface area contributed by atoms with E-state index in [1.165, 1.54) is 0 Å². The van der Waals surface area contributed by atoms with Crippen LogP contribution in [0.2, 0.25) is 0 Å². The highest BCUT2D eigenvalue weighted by Gasteiger charge is 2.09. The summed E-state index contributed by atoms with van der Waals surface area (Å²) in [4.78, 5) is 5.27. The van der Waals surface area contributed by atoms with Crippen molar-refractivity contribution >= 4 is 6.21 Å². The van der Waals surface area contributed by atoms with Gasteiger partial charge in [-0.2, -0.15) is 0 Å². The van der Waals surface area contributed by atoms with E-state index in [0.717, 1.165) is 12.0 Å². The Morgan fingerprint density at radius 3 is 2.85 bits per heavy atom. The van der Waals surface area contributed by atoms with Crippen molar-refractivity contribution in [3.8, 4) is 23.0 Å². The molecule has 2 heterocycles. The van der Waals surface area contributed by atoms with E-state index in [1.54, 1.807) is 37.8 Å². The number of methoxy groups -OCH3 is 1. The highest BCUT2D eigenvalue weighted by atomic mass is 16.6. The Labute approximate surface area is 151 Å². The molecule has 0 fully saturated rings. The molecule has 0 N–H and O–H groups in total. The van der Waals surface area contributed by atoms with Gasteiger partial charge in [-0.05, 0) is 36.8 Å². The van der Waals surface area contributed by atoms with Crippen LogP contribution >= 0.6 is 0 Å². The molecule has 0 radical (unpaired) electrons. The predicted molar refractivity (Wildman–Crippen MR) is 95.4 cm³/mol. The number of furan rings is 1. The maximum absolute atomic E-state index is 5.62.